The fourth-order valence-corrected chi connectivity index (χ4v) is 0.834. The van der Waals surface area contributed by atoms with Gasteiger partial charge in [-0.3, -0.25) is 0 Å². The van der Waals surface area contributed by atoms with Crippen molar-refractivity contribution >= 4 is 0 Å². The topological polar surface area (TPSA) is 62.0 Å². The van der Waals surface area contributed by atoms with Crippen molar-refractivity contribution in [2.45, 2.75) is 19.4 Å². The van der Waals surface area contributed by atoms with Gasteiger partial charge in [0.15, 0.2) is 0 Å². The van der Waals surface area contributed by atoms with Crippen molar-refractivity contribution < 1.29 is 5.11 Å². The fraction of sp³-hybridized carbons (Fsp3) is 0.429. The monoisotopic (exact) mass is 140 g/mol. The Hall–Kier alpha value is -0.960. The summed E-state index contributed by atoms with van der Waals surface area (Å²) in [4.78, 5) is 2.88. The molecule has 0 spiro atoms. The van der Waals surface area contributed by atoms with Crippen LogP contribution >= 0.6 is 0 Å². The smallest absolute Gasteiger partial charge is 0.133 e. The summed E-state index contributed by atoms with van der Waals surface area (Å²) in [5.74, 6) is 0.249. The van der Waals surface area contributed by atoms with E-state index in [2.05, 4.69) is 4.98 Å². The van der Waals surface area contributed by atoms with E-state index in [4.69, 9.17) is 10.8 Å². The van der Waals surface area contributed by atoms with E-state index >= 15 is 0 Å². The lowest BCUT2D eigenvalue weighted by atomic mass is 10.2. The summed E-state index contributed by atoms with van der Waals surface area (Å²) in [6, 6.07) is 1.66. The van der Waals surface area contributed by atoms with E-state index in [1.165, 1.54) is 6.20 Å². The Balaban J connectivity index is 2.74. The van der Waals surface area contributed by atoms with Gasteiger partial charge in [0.1, 0.15) is 5.75 Å². The molecule has 1 atom stereocenters. The van der Waals surface area contributed by atoms with Crippen molar-refractivity contribution in [3.63, 3.8) is 0 Å². The number of rotatable bonds is 2. The predicted octanol–water partition coefficient (Wildman–Crippen LogP) is 1.13. The summed E-state index contributed by atoms with van der Waals surface area (Å²) in [5, 5.41) is 8.91. The SMILES string of the molecule is CC[C@@H](N)c1cc(O)c[nH]1. The maximum atomic E-state index is 8.91. The highest BCUT2D eigenvalue weighted by atomic mass is 16.3. The van der Waals surface area contributed by atoms with Gasteiger partial charge in [0.25, 0.3) is 0 Å². The van der Waals surface area contributed by atoms with Crippen LogP contribution in [-0.4, -0.2) is 10.1 Å². The molecule has 1 aromatic heterocycles. The highest BCUT2D eigenvalue weighted by Gasteiger charge is 2.04. The standard InChI is InChI=1S/C7H12N2O/c1-2-6(8)7-3-5(10)4-9-7/h3-4,6,9-10H,2,8H2,1H3/t6-/m1/s1. The van der Waals surface area contributed by atoms with Gasteiger partial charge in [0, 0.05) is 24.0 Å². The van der Waals surface area contributed by atoms with Gasteiger partial charge >= 0.3 is 0 Å². The predicted molar refractivity (Wildman–Crippen MR) is 39.7 cm³/mol. The van der Waals surface area contributed by atoms with Crippen molar-refractivity contribution in [3.8, 4) is 5.75 Å². The average molecular weight is 140 g/mol. The number of aromatic amines is 1. The van der Waals surface area contributed by atoms with Gasteiger partial charge in [-0.1, -0.05) is 6.92 Å². The average Bonchev–Trinajstić information content (AvgIpc) is 2.34. The third-order valence-electron chi connectivity index (χ3n) is 1.53. The van der Waals surface area contributed by atoms with Crippen LogP contribution in [0.1, 0.15) is 25.1 Å². The van der Waals surface area contributed by atoms with Crippen LogP contribution < -0.4 is 5.73 Å². The molecule has 56 valence electrons. The number of aromatic hydroxyl groups is 1. The molecule has 10 heavy (non-hydrogen) atoms. The lowest BCUT2D eigenvalue weighted by Crippen LogP contribution is -2.08. The van der Waals surface area contributed by atoms with Gasteiger partial charge in [-0.2, -0.15) is 0 Å². The summed E-state index contributed by atoms with van der Waals surface area (Å²) in [6.45, 7) is 2.00. The van der Waals surface area contributed by atoms with Crippen LogP contribution in [0, 0.1) is 0 Å². The second kappa shape index (κ2) is 2.75. The van der Waals surface area contributed by atoms with Crippen molar-refractivity contribution in [2.24, 2.45) is 5.73 Å². The van der Waals surface area contributed by atoms with E-state index < -0.39 is 0 Å². The van der Waals surface area contributed by atoms with Crippen LogP contribution in [0.25, 0.3) is 0 Å². The first kappa shape index (κ1) is 7.15. The lowest BCUT2D eigenvalue weighted by Gasteiger charge is -2.03. The number of hydrogen-bond acceptors (Lipinski definition) is 2. The highest BCUT2D eigenvalue weighted by molar-refractivity contribution is 5.22. The summed E-state index contributed by atoms with van der Waals surface area (Å²) in [5.41, 5.74) is 6.55. The van der Waals surface area contributed by atoms with Crippen LogP contribution in [0.15, 0.2) is 12.3 Å². The zero-order valence-corrected chi connectivity index (χ0v) is 5.96. The van der Waals surface area contributed by atoms with E-state index in [0.717, 1.165) is 12.1 Å². The molecular weight excluding hydrogens is 128 g/mol. The third kappa shape index (κ3) is 1.30. The van der Waals surface area contributed by atoms with Crippen LogP contribution in [0.2, 0.25) is 0 Å². The first-order chi connectivity index (χ1) is 4.74. The molecular formula is C7H12N2O. The summed E-state index contributed by atoms with van der Waals surface area (Å²) >= 11 is 0. The second-order valence-corrected chi connectivity index (χ2v) is 2.33. The minimum Gasteiger partial charge on any atom is -0.506 e. The number of hydrogen-bond donors (Lipinski definition) is 3. The Morgan fingerprint density at radius 2 is 2.50 bits per heavy atom. The maximum Gasteiger partial charge on any atom is 0.133 e. The normalized spacial score (nSPS) is 13.4. The molecule has 0 saturated heterocycles. The highest BCUT2D eigenvalue weighted by Crippen LogP contribution is 2.16. The Morgan fingerprint density at radius 3 is 2.90 bits per heavy atom. The largest absolute Gasteiger partial charge is 0.506 e. The van der Waals surface area contributed by atoms with Gasteiger partial charge in [-0.15, -0.1) is 0 Å². The molecule has 0 aliphatic rings. The van der Waals surface area contributed by atoms with Crippen LogP contribution in [-0.2, 0) is 0 Å². The molecule has 0 saturated carbocycles. The molecule has 0 bridgehead atoms. The molecule has 1 aromatic rings. The fourth-order valence-electron chi connectivity index (χ4n) is 0.834. The quantitative estimate of drug-likeness (QED) is 0.576. The van der Waals surface area contributed by atoms with Crippen molar-refractivity contribution in [1.82, 2.24) is 4.98 Å². The Labute approximate surface area is 59.9 Å². The molecule has 0 aromatic carbocycles. The molecule has 3 heteroatoms. The number of nitrogens with one attached hydrogen (secondary N) is 1. The molecule has 0 unspecified atom stereocenters. The van der Waals surface area contributed by atoms with E-state index in [-0.39, 0.29) is 11.8 Å². The van der Waals surface area contributed by atoms with Crippen molar-refractivity contribution in [3.05, 3.63) is 18.0 Å². The first-order valence-corrected chi connectivity index (χ1v) is 3.37. The van der Waals surface area contributed by atoms with Crippen LogP contribution in [0.5, 0.6) is 5.75 Å². The van der Waals surface area contributed by atoms with E-state index in [1.54, 1.807) is 6.07 Å². The number of aromatic nitrogens is 1. The Morgan fingerprint density at radius 1 is 1.80 bits per heavy atom. The first-order valence-electron chi connectivity index (χ1n) is 3.37. The summed E-state index contributed by atoms with van der Waals surface area (Å²) in [6.07, 6.45) is 2.41. The van der Waals surface area contributed by atoms with Crippen molar-refractivity contribution in [2.75, 3.05) is 0 Å². The van der Waals surface area contributed by atoms with E-state index in [0.29, 0.717) is 0 Å². The number of nitrogens with two attached hydrogens (primary N) is 1. The van der Waals surface area contributed by atoms with Gasteiger partial charge in [0.2, 0.25) is 0 Å². The van der Waals surface area contributed by atoms with E-state index in [1.807, 2.05) is 6.92 Å². The zero-order chi connectivity index (χ0) is 7.56. The van der Waals surface area contributed by atoms with Gasteiger partial charge in [0.05, 0.1) is 0 Å². The molecule has 0 amide bonds. The second-order valence-electron chi connectivity index (χ2n) is 2.33. The number of H-pyrrole nitrogens is 1. The summed E-state index contributed by atoms with van der Waals surface area (Å²) < 4.78 is 0. The van der Waals surface area contributed by atoms with Crippen LogP contribution in [0.4, 0.5) is 0 Å². The van der Waals surface area contributed by atoms with Gasteiger partial charge < -0.3 is 15.8 Å². The lowest BCUT2D eigenvalue weighted by molar-refractivity contribution is 0.476. The van der Waals surface area contributed by atoms with Crippen LogP contribution in [0.3, 0.4) is 0 Å². The molecule has 0 fully saturated rings. The molecule has 3 nitrogen and oxygen atoms in total. The van der Waals surface area contributed by atoms with E-state index in [9.17, 15) is 0 Å². The molecule has 1 heterocycles. The molecule has 0 radical (unpaired) electrons. The molecule has 4 N–H and O–H groups in total. The zero-order valence-electron chi connectivity index (χ0n) is 5.96. The minimum absolute atomic E-state index is 0.0147. The third-order valence-corrected chi connectivity index (χ3v) is 1.53. The Kier molecular flexibility index (Phi) is 1.97. The maximum absolute atomic E-state index is 8.91. The molecule has 0 aliphatic heterocycles. The Bertz CT molecular complexity index is 207. The minimum atomic E-state index is 0.0147. The molecule has 0 aliphatic carbocycles. The van der Waals surface area contributed by atoms with Gasteiger partial charge in [-0.25, -0.2) is 0 Å². The molecule has 1 rings (SSSR count). The van der Waals surface area contributed by atoms with Crippen molar-refractivity contribution in [1.29, 1.82) is 0 Å². The summed E-state index contributed by atoms with van der Waals surface area (Å²) in [7, 11) is 0. The van der Waals surface area contributed by atoms with Gasteiger partial charge in [-0.05, 0) is 6.42 Å².